The molecule has 2 aromatic carbocycles. The van der Waals surface area contributed by atoms with E-state index in [-0.39, 0.29) is 11.3 Å². The molecule has 0 unspecified atom stereocenters. The number of aromatic carboxylic acids is 1. The maximum atomic E-state index is 12.5. The van der Waals surface area contributed by atoms with Crippen LogP contribution in [0.3, 0.4) is 0 Å². The van der Waals surface area contributed by atoms with Crippen LogP contribution in [0.25, 0.3) is 0 Å². The molecule has 0 amide bonds. The fourth-order valence-electron chi connectivity index (χ4n) is 1.65. The normalized spacial score (nSPS) is 11.6. The lowest BCUT2D eigenvalue weighted by Gasteiger charge is -2.08. The van der Waals surface area contributed by atoms with Crippen molar-refractivity contribution in [3.63, 3.8) is 0 Å². The average Bonchev–Trinajstić information content (AvgIpc) is 2.47. The fourth-order valence-corrected chi connectivity index (χ4v) is 1.65. The predicted molar refractivity (Wildman–Crippen MR) is 73.4 cm³/mol. The van der Waals surface area contributed by atoms with Gasteiger partial charge in [-0.1, -0.05) is 30.3 Å². The molecule has 0 saturated heterocycles. The van der Waals surface area contributed by atoms with Crippen LogP contribution in [-0.4, -0.2) is 12.2 Å². The van der Waals surface area contributed by atoms with E-state index in [1.165, 1.54) is 42.6 Å². The molecule has 22 heavy (non-hydrogen) atoms. The summed E-state index contributed by atoms with van der Waals surface area (Å²) >= 11 is 0. The number of rotatable bonds is 4. The van der Waals surface area contributed by atoms with Gasteiger partial charge in [0.2, 0.25) is 0 Å². The molecule has 4 nitrogen and oxygen atoms in total. The van der Waals surface area contributed by atoms with Gasteiger partial charge in [-0.25, -0.2) is 0 Å². The molecule has 0 spiro atoms. The first-order valence-electron chi connectivity index (χ1n) is 6.14. The van der Waals surface area contributed by atoms with E-state index in [0.29, 0.717) is 5.56 Å². The molecular formula is C15H10F3N2O2-. The summed E-state index contributed by atoms with van der Waals surface area (Å²) in [6.07, 6.45) is -3.05. The second-order valence-corrected chi connectivity index (χ2v) is 4.36. The molecule has 0 heterocycles. The monoisotopic (exact) mass is 307 g/mol. The number of nitrogens with zero attached hydrogens (tertiary/aromatic N) is 1. The van der Waals surface area contributed by atoms with Gasteiger partial charge < -0.3 is 9.90 Å². The molecular weight excluding hydrogens is 297 g/mol. The summed E-state index contributed by atoms with van der Waals surface area (Å²) in [5.41, 5.74) is 2.52. The summed E-state index contributed by atoms with van der Waals surface area (Å²) in [6.45, 7) is 0. The van der Waals surface area contributed by atoms with Gasteiger partial charge in [0.1, 0.15) is 0 Å². The van der Waals surface area contributed by atoms with E-state index in [2.05, 4.69) is 10.5 Å². The lowest BCUT2D eigenvalue weighted by Crippen LogP contribution is -2.21. The Balaban J connectivity index is 2.05. The predicted octanol–water partition coefficient (Wildman–Crippen LogP) is 2.51. The van der Waals surface area contributed by atoms with Crippen molar-refractivity contribution in [2.45, 2.75) is 6.18 Å². The fraction of sp³-hybridized carbons (Fsp3) is 0.0667. The van der Waals surface area contributed by atoms with Crippen molar-refractivity contribution in [3.8, 4) is 0 Å². The van der Waals surface area contributed by atoms with Crippen molar-refractivity contribution in [1.29, 1.82) is 0 Å². The summed E-state index contributed by atoms with van der Waals surface area (Å²) in [7, 11) is 0. The number of carbonyl (C=O) groups is 1. The molecule has 0 saturated carbocycles. The first kappa shape index (κ1) is 15.6. The average molecular weight is 307 g/mol. The highest BCUT2D eigenvalue weighted by Gasteiger charge is 2.30. The molecule has 114 valence electrons. The van der Waals surface area contributed by atoms with Crippen LogP contribution in [0.1, 0.15) is 21.5 Å². The largest absolute Gasteiger partial charge is 0.545 e. The number of hydrazone groups is 1. The van der Waals surface area contributed by atoms with Gasteiger partial charge in [-0.2, -0.15) is 18.3 Å². The quantitative estimate of drug-likeness (QED) is 0.697. The van der Waals surface area contributed by atoms with Crippen molar-refractivity contribution in [2.24, 2.45) is 5.10 Å². The first-order valence-corrected chi connectivity index (χ1v) is 6.14. The summed E-state index contributed by atoms with van der Waals surface area (Å²) in [4.78, 5) is 10.6. The van der Waals surface area contributed by atoms with Crippen molar-refractivity contribution in [2.75, 3.05) is 5.43 Å². The highest BCUT2D eigenvalue weighted by Crippen LogP contribution is 2.30. The van der Waals surface area contributed by atoms with Gasteiger partial charge in [-0.3, -0.25) is 5.43 Å². The van der Waals surface area contributed by atoms with Gasteiger partial charge in [-0.15, -0.1) is 0 Å². The van der Waals surface area contributed by atoms with Gasteiger partial charge in [-0.05, 0) is 29.3 Å². The van der Waals surface area contributed by atoms with E-state index in [1.54, 1.807) is 0 Å². The molecule has 0 aliphatic rings. The number of carboxylic acid groups (broad SMARTS) is 1. The maximum absolute atomic E-state index is 12.5. The summed E-state index contributed by atoms with van der Waals surface area (Å²) in [6, 6.07) is 10.3. The van der Waals surface area contributed by atoms with Gasteiger partial charge in [0.15, 0.2) is 0 Å². The van der Waals surface area contributed by atoms with Crippen LogP contribution in [0.5, 0.6) is 0 Å². The Bertz CT molecular complexity index is 695. The van der Waals surface area contributed by atoms with Gasteiger partial charge in [0, 0.05) is 0 Å². The standard InChI is InChI=1S/C15H11F3N2O2/c16-15(17,18)12-2-1-3-13(8-12)20-19-9-10-4-6-11(7-5-10)14(21)22/h1-9,20H,(H,21,22)/p-1/b19-9-. The van der Waals surface area contributed by atoms with Gasteiger partial charge >= 0.3 is 6.18 Å². The number of hydrogen-bond donors (Lipinski definition) is 1. The Labute approximate surface area is 123 Å². The van der Waals surface area contributed by atoms with Crippen molar-refractivity contribution >= 4 is 17.9 Å². The minimum atomic E-state index is -4.41. The molecule has 0 atom stereocenters. The zero-order chi connectivity index (χ0) is 16.2. The molecule has 0 aromatic heterocycles. The van der Waals surface area contributed by atoms with Crippen LogP contribution >= 0.6 is 0 Å². The van der Waals surface area contributed by atoms with Crippen LogP contribution in [0, 0.1) is 0 Å². The number of nitrogens with one attached hydrogen (secondary N) is 1. The molecule has 2 rings (SSSR count). The Morgan fingerprint density at radius 1 is 1.14 bits per heavy atom. The van der Waals surface area contributed by atoms with Gasteiger partial charge in [0.25, 0.3) is 0 Å². The summed E-state index contributed by atoms with van der Waals surface area (Å²) in [5.74, 6) is -1.29. The Kier molecular flexibility index (Phi) is 4.45. The highest BCUT2D eigenvalue weighted by molar-refractivity contribution is 5.87. The summed E-state index contributed by atoms with van der Waals surface area (Å²) < 4.78 is 37.6. The number of anilines is 1. The number of carbonyl (C=O) groups excluding carboxylic acids is 1. The molecule has 0 aliphatic carbocycles. The Morgan fingerprint density at radius 2 is 1.82 bits per heavy atom. The van der Waals surface area contributed by atoms with E-state index in [1.807, 2.05) is 0 Å². The zero-order valence-electron chi connectivity index (χ0n) is 11.1. The highest BCUT2D eigenvalue weighted by atomic mass is 19.4. The Hall–Kier alpha value is -2.83. The smallest absolute Gasteiger partial charge is 0.416 e. The molecule has 0 radical (unpaired) electrons. The summed E-state index contributed by atoms with van der Waals surface area (Å²) in [5, 5.41) is 14.4. The van der Waals surface area contributed by atoms with E-state index in [0.717, 1.165) is 12.1 Å². The van der Waals surface area contributed by atoms with Crippen molar-refractivity contribution in [1.82, 2.24) is 0 Å². The Morgan fingerprint density at radius 3 is 2.41 bits per heavy atom. The van der Waals surface area contributed by atoms with Crippen LogP contribution in [0.2, 0.25) is 0 Å². The lowest BCUT2D eigenvalue weighted by molar-refractivity contribution is -0.255. The minimum absolute atomic E-state index is 0.0305. The zero-order valence-corrected chi connectivity index (χ0v) is 11.1. The van der Waals surface area contributed by atoms with Gasteiger partial charge in [0.05, 0.1) is 23.4 Å². The van der Waals surface area contributed by atoms with E-state index < -0.39 is 17.7 Å². The van der Waals surface area contributed by atoms with Crippen LogP contribution in [0.15, 0.2) is 53.6 Å². The number of alkyl halides is 3. The number of carboxylic acids is 1. The lowest BCUT2D eigenvalue weighted by atomic mass is 10.1. The molecule has 2 aromatic rings. The SMILES string of the molecule is O=C([O-])c1ccc(/C=N\Nc2cccc(C(F)(F)F)c2)cc1. The third-order valence-corrected chi connectivity index (χ3v) is 2.74. The number of benzene rings is 2. The molecule has 0 bridgehead atoms. The number of hydrogen-bond acceptors (Lipinski definition) is 4. The van der Waals surface area contributed by atoms with E-state index in [4.69, 9.17) is 0 Å². The third kappa shape index (κ3) is 4.08. The molecule has 0 aliphatic heterocycles. The van der Waals surface area contributed by atoms with Crippen LogP contribution in [0.4, 0.5) is 18.9 Å². The minimum Gasteiger partial charge on any atom is -0.545 e. The first-order chi connectivity index (χ1) is 10.4. The van der Waals surface area contributed by atoms with Crippen molar-refractivity contribution < 1.29 is 23.1 Å². The molecule has 7 heteroatoms. The second kappa shape index (κ2) is 6.30. The van der Waals surface area contributed by atoms with E-state index in [9.17, 15) is 23.1 Å². The number of halogens is 3. The maximum Gasteiger partial charge on any atom is 0.416 e. The molecule has 0 fully saturated rings. The third-order valence-electron chi connectivity index (χ3n) is 2.74. The van der Waals surface area contributed by atoms with Crippen LogP contribution < -0.4 is 10.5 Å². The van der Waals surface area contributed by atoms with Crippen molar-refractivity contribution in [3.05, 3.63) is 65.2 Å². The topological polar surface area (TPSA) is 64.5 Å². The van der Waals surface area contributed by atoms with E-state index >= 15 is 0 Å². The second-order valence-electron chi connectivity index (χ2n) is 4.36. The molecule has 1 N–H and O–H groups in total. The van der Waals surface area contributed by atoms with Crippen LogP contribution in [-0.2, 0) is 6.18 Å².